The maximum absolute atomic E-state index is 12.0. The minimum atomic E-state index is -0.563. The zero-order valence-corrected chi connectivity index (χ0v) is 9.39. The topological polar surface area (TPSA) is 89.4 Å². The van der Waals surface area contributed by atoms with Crippen LogP contribution in [-0.2, 0) is 9.59 Å². The van der Waals surface area contributed by atoms with Crippen molar-refractivity contribution in [3.05, 3.63) is 0 Å². The lowest BCUT2D eigenvalue weighted by Crippen LogP contribution is -2.47. The van der Waals surface area contributed by atoms with Crippen LogP contribution in [-0.4, -0.2) is 35.3 Å². The Hall–Kier alpha value is -1.10. The van der Waals surface area contributed by atoms with Crippen LogP contribution in [0.4, 0.5) is 0 Å². The number of likely N-dealkylation sites (tertiary alicyclic amines) is 1. The Morgan fingerprint density at radius 1 is 1.44 bits per heavy atom. The van der Waals surface area contributed by atoms with Crippen LogP contribution in [0.5, 0.6) is 0 Å². The SMILES string of the molecule is NC(=O)CC[C@H](N)C(=O)N1CCCC2CC21. The van der Waals surface area contributed by atoms with E-state index in [-0.39, 0.29) is 12.3 Å². The largest absolute Gasteiger partial charge is 0.370 e. The zero-order chi connectivity index (χ0) is 11.7. The molecule has 5 heteroatoms. The van der Waals surface area contributed by atoms with Crippen LogP contribution in [0.1, 0.15) is 32.1 Å². The molecule has 0 spiro atoms. The molecule has 90 valence electrons. The zero-order valence-electron chi connectivity index (χ0n) is 9.39. The van der Waals surface area contributed by atoms with E-state index in [1.165, 1.54) is 6.42 Å². The van der Waals surface area contributed by atoms with Gasteiger partial charge in [0.1, 0.15) is 0 Å². The van der Waals surface area contributed by atoms with Gasteiger partial charge in [0.15, 0.2) is 0 Å². The molecule has 1 heterocycles. The van der Waals surface area contributed by atoms with E-state index in [2.05, 4.69) is 0 Å². The third kappa shape index (κ3) is 2.35. The number of nitrogens with two attached hydrogens (primary N) is 2. The average molecular weight is 225 g/mol. The molecule has 4 N–H and O–H groups in total. The predicted molar refractivity (Wildman–Crippen MR) is 59.2 cm³/mol. The van der Waals surface area contributed by atoms with Crippen molar-refractivity contribution in [1.29, 1.82) is 0 Å². The van der Waals surface area contributed by atoms with Gasteiger partial charge in [0.05, 0.1) is 6.04 Å². The van der Waals surface area contributed by atoms with Gasteiger partial charge in [0.25, 0.3) is 0 Å². The van der Waals surface area contributed by atoms with Gasteiger partial charge < -0.3 is 16.4 Å². The smallest absolute Gasteiger partial charge is 0.239 e. The van der Waals surface area contributed by atoms with E-state index in [4.69, 9.17) is 11.5 Å². The van der Waals surface area contributed by atoms with Gasteiger partial charge in [-0.05, 0) is 31.6 Å². The summed E-state index contributed by atoms with van der Waals surface area (Å²) < 4.78 is 0. The van der Waals surface area contributed by atoms with Gasteiger partial charge >= 0.3 is 0 Å². The number of fused-ring (bicyclic) bond motifs is 1. The highest BCUT2D eigenvalue weighted by atomic mass is 16.2. The Morgan fingerprint density at radius 3 is 2.88 bits per heavy atom. The molecule has 0 radical (unpaired) electrons. The van der Waals surface area contributed by atoms with Crippen molar-refractivity contribution in [1.82, 2.24) is 4.90 Å². The first-order valence-corrected chi connectivity index (χ1v) is 5.94. The van der Waals surface area contributed by atoms with Gasteiger partial charge in [-0.3, -0.25) is 9.59 Å². The van der Waals surface area contributed by atoms with Crippen molar-refractivity contribution in [3.63, 3.8) is 0 Å². The molecule has 2 aliphatic rings. The molecule has 1 aliphatic heterocycles. The molecule has 0 aromatic heterocycles. The number of rotatable bonds is 4. The standard InChI is InChI=1S/C11H19N3O2/c12-8(3-4-10(13)15)11(16)14-5-1-2-7-6-9(7)14/h7-9H,1-6,12H2,(H2,13,15)/t7?,8-,9?/m0/s1. The van der Waals surface area contributed by atoms with Crippen molar-refractivity contribution in [2.75, 3.05) is 6.54 Å². The molecule has 0 aromatic rings. The third-order valence-electron chi connectivity index (χ3n) is 3.56. The second-order valence-corrected chi connectivity index (χ2v) is 4.85. The van der Waals surface area contributed by atoms with Crippen LogP contribution in [0.15, 0.2) is 0 Å². The molecule has 1 saturated carbocycles. The minimum absolute atomic E-state index is 0.00606. The van der Waals surface area contributed by atoms with Gasteiger partial charge in [-0.1, -0.05) is 0 Å². The number of piperidine rings is 1. The van der Waals surface area contributed by atoms with Gasteiger partial charge in [-0.25, -0.2) is 0 Å². The Bertz CT molecular complexity index is 306. The highest BCUT2D eigenvalue weighted by Gasteiger charge is 2.46. The summed E-state index contributed by atoms with van der Waals surface area (Å²) >= 11 is 0. The Balaban J connectivity index is 1.84. The molecule has 2 rings (SSSR count). The highest BCUT2D eigenvalue weighted by Crippen LogP contribution is 2.43. The molecule has 2 unspecified atom stereocenters. The quantitative estimate of drug-likeness (QED) is 0.681. The second kappa shape index (κ2) is 4.41. The fraction of sp³-hybridized carbons (Fsp3) is 0.818. The summed E-state index contributed by atoms with van der Waals surface area (Å²) in [5.74, 6) is 0.306. The van der Waals surface area contributed by atoms with Crippen molar-refractivity contribution < 1.29 is 9.59 Å². The summed E-state index contributed by atoms with van der Waals surface area (Å²) in [5.41, 5.74) is 10.8. The number of nitrogens with zero attached hydrogens (tertiary/aromatic N) is 1. The van der Waals surface area contributed by atoms with E-state index in [0.29, 0.717) is 18.4 Å². The average Bonchev–Trinajstić information content (AvgIpc) is 3.03. The van der Waals surface area contributed by atoms with Crippen molar-refractivity contribution in [2.24, 2.45) is 17.4 Å². The molecule has 1 aliphatic carbocycles. The first-order valence-electron chi connectivity index (χ1n) is 5.94. The molecule has 16 heavy (non-hydrogen) atoms. The fourth-order valence-corrected chi connectivity index (χ4v) is 2.52. The monoisotopic (exact) mass is 225 g/mol. The van der Waals surface area contributed by atoms with Gasteiger partial charge in [0.2, 0.25) is 11.8 Å². The van der Waals surface area contributed by atoms with E-state index >= 15 is 0 Å². The van der Waals surface area contributed by atoms with E-state index in [1.54, 1.807) is 0 Å². The van der Waals surface area contributed by atoms with Crippen LogP contribution in [0.25, 0.3) is 0 Å². The maximum Gasteiger partial charge on any atom is 0.239 e. The summed E-state index contributed by atoms with van der Waals surface area (Å²) in [5, 5.41) is 0. The van der Waals surface area contributed by atoms with Crippen LogP contribution in [0.3, 0.4) is 0 Å². The number of carbonyl (C=O) groups excluding carboxylic acids is 2. The molecule has 0 aromatic carbocycles. The summed E-state index contributed by atoms with van der Waals surface area (Å²) in [6.45, 7) is 0.824. The lowest BCUT2D eigenvalue weighted by atomic mass is 10.1. The first kappa shape index (κ1) is 11.4. The van der Waals surface area contributed by atoms with E-state index in [1.807, 2.05) is 4.90 Å². The number of carbonyl (C=O) groups is 2. The van der Waals surface area contributed by atoms with E-state index in [0.717, 1.165) is 19.4 Å². The molecular formula is C11H19N3O2. The second-order valence-electron chi connectivity index (χ2n) is 4.85. The highest BCUT2D eigenvalue weighted by molar-refractivity contribution is 5.83. The normalized spacial score (nSPS) is 29.4. The fourth-order valence-electron chi connectivity index (χ4n) is 2.52. The summed E-state index contributed by atoms with van der Waals surface area (Å²) in [6, 6.07) is -0.132. The minimum Gasteiger partial charge on any atom is -0.370 e. The van der Waals surface area contributed by atoms with Crippen molar-refractivity contribution in [3.8, 4) is 0 Å². The van der Waals surface area contributed by atoms with Gasteiger partial charge in [-0.15, -0.1) is 0 Å². The summed E-state index contributed by atoms with van der Waals surface area (Å²) in [7, 11) is 0. The Labute approximate surface area is 95.1 Å². The molecule has 1 saturated heterocycles. The van der Waals surface area contributed by atoms with Gasteiger partial charge in [0, 0.05) is 19.0 Å². The van der Waals surface area contributed by atoms with Crippen LogP contribution >= 0.6 is 0 Å². The number of hydrogen-bond donors (Lipinski definition) is 2. The number of amides is 2. The van der Waals surface area contributed by atoms with Crippen LogP contribution in [0, 0.1) is 5.92 Å². The lowest BCUT2D eigenvalue weighted by molar-refractivity contribution is -0.134. The van der Waals surface area contributed by atoms with Gasteiger partial charge in [-0.2, -0.15) is 0 Å². The van der Waals surface area contributed by atoms with Crippen molar-refractivity contribution >= 4 is 11.8 Å². The Morgan fingerprint density at radius 2 is 2.19 bits per heavy atom. The first-order chi connectivity index (χ1) is 7.59. The molecule has 5 nitrogen and oxygen atoms in total. The molecule has 3 atom stereocenters. The predicted octanol–water partition coefficient (Wildman–Crippen LogP) is -0.410. The van der Waals surface area contributed by atoms with E-state index < -0.39 is 11.9 Å². The summed E-state index contributed by atoms with van der Waals surface area (Å²) in [6.07, 6.45) is 4.01. The molecule has 0 bridgehead atoms. The molecular weight excluding hydrogens is 206 g/mol. The maximum atomic E-state index is 12.0. The third-order valence-corrected chi connectivity index (χ3v) is 3.56. The van der Waals surface area contributed by atoms with Crippen LogP contribution in [0.2, 0.25) is 0 Å². The lowest BCUT2D eigenvalue weighted by Gasteiger charge is -2.29. The van der Waals surface area contributed by atoms with E-state index in [9.17, 15) is 9.59 Å². The van der Waals surface area contributed by atoms with Crippen LogP contribution < -0.4 is 11.5 Å². The molecule has 2 amide bonds. The number of hydrogen-bond acceptors (Lipinski definition) is 3. The summed E-state index contributed by atoms with van der Waals surface area (Å²) in [4.78, 5) is 24.5. The molecule has 2 fully saturated rings. The van der Waals surface area contributed by atoms with Crippen molar-refractivity contribution in [2.45, 2.75) is 44.2 Å². The Kier molecular flexibility index (Phi) is 3.14. The number of primary amides is 1.